The van der Waals surface area contributed by atoms with Gasteiger partial charge in [-0.25, -0.2) is 4.79 Å². The number of amides is 1. The Morgan fingerprint density at radius 3 is 2.48 bits per heavy atom. The lowest BCUT2D eigenvalue weighted by Crippen LogP contribution is -2.48. The number of piperidine rings is 1. The van der Waals surface area contributed by atoms with Crippen LogP contribution < -0.4 is 10.6 Å². The van der Waals surface area contributed by atoms with Crippen LogP contribution in [-0.4, -0.2) is 54.9 Å². The molecule has 1 atom stereocenters. The molecule has 0 aromatic heterocycles. The molecular formula is C16H33N3O2. The molecule has 1 aliphatic rings. The van der Waals surface area contributed by atoms with Gasteiger partial charge in [0, 0.05) is 18.6 Å². The van der Waals surface area contributed by atoms with Crippen LogP contribution in [0.5, 0.6) is 0 Å². The number of ether oxygens (including phenoxy) is 1. The van der Waals surface area contributed by atoms with Gasteiger partial charge in [0.25, 0.3) is 0 Å². The SMILES string of the molecule is CCCN1CCC(NCC(C)NC(=O)OC(C)(C)C)CC1. The van der Waals surface area contributed by atoms with Gasteiger partial charge in [-0.05, 0) is 66.6 Å². The minimum absolute atomic E-state index is 0.0773. The van der Waals surface area contributed by atoms with E-state index in [9.17, 15) is 4.79 Å². The molecule has 0 aromatic carbocycles. The molecule has 5 heteroatoms. The van der Waals surface area contributed by atoms with E-state index in [1.54, 1.807) is 0 Å². The Morgan fingerprint density at radius 1 is 1.33 bits per heavy atom. The third-order valence-corrected chi connectivity index (χ3v) is 3.60. The summed E-state index contributed by atoms with van der Waals surface area (Å²) in [6.45, 7) is 14.2. The highest BCUT2D eigenvalue weighted by atomic mass is 16.6. The van der Waals surface area contributed by atoms with Crippen LogP contribution in [0, 0.1) is 0 Å². The zero-order valence-corrected chi connectivity index (χ0v) is 14.4. The van der Waals surface area contributed by atoms with Crippen LogP contribution in [0.25, 0.3) is 0 Å². The molecule has 0 radical (unpaired) electrons. The van der Waals surface area contributed by atoms with E-state index in [1.807, 2.05) is 27.7 Å². The fraction of sp³-hybridized carbons (Fsp3) is 0.938. The third kappa shape index (κ3) is 8.27. The summed E-state index contributed by atoms with van der Waals surface area (Å²) >= 11 is 0. The van der Waals surface area contributed by atoms with Gasteiger partial charge in [-0.3, -0.25) is 0 Å². The molecule has 1 saturated heterocycles. The van der Waals surface area contributed by atoms with Crippen LogP contribution in [0.3, 0.4) is 0 Å². The zero-order chi connectivity index (χ0) is 15.9. The van der Waals surface area contributed by atoms with Gasteiger partial charge in [0.05, 0.1) is 0 Å². The van der Waals surface area contributed by atoms with Crippen LogP contribution in [0.4, 0.5) is 4.79 Å². The lowest BCUT2D eigenvalue weighted by Gasteiger charge is -2.32. The van der Waals surface area contributed by atoms with E-state index >= 15 is 0 Å². The first-order chi connectivity index (χ1) is 9.80. The van der Waals surface area contributed by atoms with E-state index in [1.165, 1.54) is 38.9 Å². The molecule has 0 saturated carbocycles. The van der Waals surface area contributed by atoms with E-state index in [0.717, 1.165) is 6.54 Å². The van der Waals surface area contributed by atoms with Crippen molar-refractivity contribution >= 4 is 6.09 Å². The van der Waals surface area contributed by atoms with Crippen molar-refractivity contribution in [1.29, 1.82) is 0 Å². The number of carbonyl (C=O) groups is 1. The van der Waals surface area contributed by atoms with Gasteiger partial charge in [0.2, 0.25) is 0 Å². The maximum atomic E-state index is 11.7. The summed E-state index contributed by atoms with van der Waals surface area (Å²) in [6.07, 6.45) is 3.28. The second-order valence-electron chi connectivity index (χ2n) is 7.07. The first-order valence-corrected chi connectivity index (χ1v) is 8.25. The topological polar surface area (TPSA) is 53.6 Å². The molecule has 1 rings (SSSR count). The summed E-state index contributed by atoms with van der Waals surface area (Å²) in [6, 6.07) is 0.648. The molecule has 1 unspecified atom stereocenters. The standard InChI is InChI=1S/C16H33N3O2/c1-6-9-19-10-7-14(8-11-19)17-12-13(2)18-15(20)21-16(3,4)5/h13-14,17H,6-12H2,1-5H3,(H,18,20). The smallest absolute Gasteiger partial charge is 0.407 e. The largest absolute Gasteiger partial charge is 0.444 e. The van der Waals surface area contributed by atoms with Gasteiger partial charge in [-0.15, -0.1) is 0 Å². The molecule has 21 heavy (non-hydrogen) atoms. The average Bonchev–Trinajstić information content (AvgIpc) is 2.36. The quantitative estimate of drug-likeness (QED) is 0.790. The molecular weight excluding hydrogens is 266 g/mol. The lowest BCUT2D eigenvalue weighted by molar-refractivity contribution is 0.0507. The normalized spacial score (nSPS) is 19.3. The first-order valence-electron chi connectivity index (χ1n) is 8.25. The molecule has 0 spiro atoms. The number of carbonyl (C=O) groups excluding carboxylic acids is 1. The predicted octanol–water partition coefficient (Wildman–Crippen LogP) is 2.36. The van der Waals surface area contributed by atoms with Crippen molar-refractivity contribution in [3.63, 3.8) is 0 Å². The van der Waals surface area contributed by atoms with E-state index in [0.29, 0.717) is 6.04 Å². The Hall–Kier alpha value is -0.810. The van der Waals surface area contributed by atoms with Gasteiger partial charge in [0.1, 0.15) is 5.60 Å². The summed E-state index contributed by atoms with van der Waals surface area (Å²) < 4.78 is 5.26. The van der Waals surface area contributed by atoms with Crippen molar-refractivity contribution in [2.75, 3.05) is 26.2 Å². The molecule has 1 heterocycles. The van der Waals surface area contributed by atoms with Crippen molar-refractivity contribution in [2.45, 2.75) is 71.6 Å². The molecule has 1 amide bonds. The van der Waals surface area contributed by atoms with E-state index < -0.39 is 5.60 Å². The average molecular weight is 299 g/mol. The monoisotopic (exact) mass is 299 g/mol. The van der Waals surface area contributed by atoms with Crippen molar-refractivity contribution in [3.8, 4) is 0 Å². The number of hydrogen-bond donors (Lipinski definition) is 2. The lowest BCUT2D eigenvalue weighted by atomic mass is 10.0. The molecule has 124 valence electrons. The summed E-state index contributed by atoms with van der Waals surface area (Å²) in [5.41, 5.74) is -0.441. The molecule has 0 aliphatic carbocycles. The molecule has 1 aliphatic heterocycles. The van der Waals surface area contributed by atoms with E-state index in [4.69, 9.17) is 4.74 Å². The minimum Gasteiger partial charge on any atom is -0.444 e. The van der Waals surface area contributed by atoms with Crippen LogP contribution in [0.15, 0.2) is 0 Å². The van der Waals surface area contributed by atoms with Crippen molar-refractivity contribution in [3.05, 3.63) is 0 Å². The number of rotatable bonds is 6. The number of nitrogens with zero attached hydrogens (tertiary/aromatic N) is 1. The van der Waals surface area contributed by atoms with Gasteiger partial charge in [-0.2, -0.15) is 0 Å². The predicted molar refractivity (Wildman–Crippen MR) is 86.6 cm³/mol. The van der Waals surface area contributed by atoms with Gasteiger partial charge >= 0.3 is 6.09 Å². The number of alkyl carbamates (subject to hydrolysis) is 1. The maximum Gasteiger partial charge on any atom is 0.407 e. The van der Waals surface area contributed by atoms with E-state index in [2.05, 4.69) is 22.5 Å². The second kappa shape index (κ2) is 8.59. The van der Waals surface area contributed by atoms with Crippen molar-refractivity contribution in [1.82, 2.24) is 15.5 Å². The zero-order valence-electron chi connectivity index (χ0n) is 14.4. The Kier molecular flexibility index (Phi) is 7.46. The highest BCUT2D eigenvalue weighted by Crippen LogP contribution is 2.10. The number of nitrogens with one attached hydrogen (secondary N) is 2. The fourth-order valence-electron chi connectivity index (χ4n) is 2.58. The number of likely N-dealkylation sites (tertiary alicyclic amines) is 1. The van der Waals surface area contributed by atoms with Crippen LogP contribution in [0.1, 0.15) is 53.9 Å². The summed E-state index contributed by atoms with van der Waals surface area (Å²) in [5, 5.41) is 6.43. The first kappa shape index (κ1) is 18.2. The van der Waals surface area contributed by atoms with Gasteiger partial charge < -0.3 is 20.3 Å². The minimum atomic E-state index is -0.441. The summed E-state index contributed by atoms with van der Waals surface area (Å²) in [7, 11) is 0. The van der Waals surface area contributed by atoms with Crippen LogP contribution in [0.2, 0.25) is 0 Å². The van der Waals surface area contributed by atoms with Gasteiger partial charge in [-0.1, -0.05) is 6.92 Å². The Balaban J connectivity index is 2.16. The molecule has 2 N–H and O–H groups in total. The third-order valence-electron chi connectivity index (χ3n) is 3.60. The van der Waals surface area contributed by atoms with Crippen molar-refractivity contribution in [2.24, 2.45) is 0 Å². The second-order valence-corrected chi connectivity index (χ2v) is 7.07. The Bertz CT molecular complexity index is 307. The maximum absolute atomic E-state index is 11.7. The van der Waals surface area contributed by atoms with Gasteiger partial charge in [0.15, 0.2) is 0 Å². The Morgan fingerprint density at radius 2 is 1.95 bits per heavy atom. The molecule has 5 nitrogen and oxygen atoms in total. The summed E-state index contributed by atoms with van der Waals surface area (Å²) in [5.74, 6) is 0. The molecule has 1 fully saturated rings. The number of hydrogen-bond acceptors (Lipinski definition) is 4. The van der Waals surface area contributed by atoms with Crippen LogP contribution >= 0.6 is 0 Å². The Labute approximate surface area is 129 Å². The van der Waals surface area contributed by atoms with Crippen molar-refractivity contribution < 1.29 is 9.53 Å². The van der Waals surface area contributed by atoms with E-state index in [-0.39, 0.29) is 12.1 Å². The summed E-state index contributed by atoms with van der Waals surface area (Å²) in [4.78, 5) is 14.2. The highest BCUT2D eigenvalue weighted by Gasteiger charge is 2.20. The van der Waals surface area contributed by atoms with Crippen LogP contribution in [-0.2, 0) is 4.74 Å². The highest BCUT2D eigenvalue weighted by molar-refractivity contribution is 5.68. The molecule has 0 bridgehead atoms. The molecule has 0 aromatic rings. The fourth-order valence-corrected chi connectivity index (χ4v) is 2.58.